The van der Waals surface area contributed by atoms with E-state index in [4.69, 9.17) is 36.3 Å². The number of nitrogens with one attached hydrogen (secondary N) is 1. The summed E-state index contributed by atoms with van der Waals surface area (Å²) in [4.78, 5) is 16.8. The monoisotopic (exact) mass is 533 g/mol. The summed E-state index contributed by atoms with van der Waals surface area (Å²) in [6.45, 7) is 6.57. The smallest absolute Gasteiger partial charge is 0.475 e. The molecule has 0 aliphatic carbocycles. The van der Waals surface area contributed by atoms with Gasteiger partial charge in [0.2, 0.25) is 5.88 Å². The molecule has 34 heavy (non-hydrogen) atoms. The summed E-state index contributed by atoms with van der Waals surface area (Å²) >= 11 is 6.60. The minimum atomic E-state index is -0.823. The van der Waals surface area contributed by atoms with Gasteiger partial charge in [0.25, 0.3) is 0 Å². The van der Waals surface area contributed by atoms with E-state index in [9.17, 15) is 4.79 Å². The molecule has 1 aromatic carbocycles. The van der Waals surface area contributed by atoms with Crippen LogP contribution in [0.5, 0.6) is 5.88 Å². The van der Waals surface area contributed by atoms with Gasteiger partial charge >= 0.3 is 6.16 Å². The molecule has 1 aliphatic rings. The third-order valence-corrected chi connectivity index (χ3v) is 4.96. The van der Waals surface area contributed by atoms with Crippen molar-refractivity contribution < 1.29 is 23.7 Å². The largest absolute Gasteiger partial charge is 0.513 e. The lowest BCUT2D eigenvalue weighted by Gasteiger charge is -2.32. The number of hydrogen-bond donors (Lipinski definition) is 2. The quantitative estimate of drug-likeness (QED) is 0.331. The Balaban J connectivity index is 0.00000289. The predicted octanol–water partition coefficient (Wildman–Crippen LogP) is 5.28. The van der Waals surface area contributed by atoms with Crippen molar-refractivity contribution in [2.75, 3.05) is 31.7 Å². The van der Waals surface area contributed by atoms with Gasteiger partial charge in [0.05, 0.1) is 43.1 Å². The van der Waals surface area contributed by atoms with Crippen molar-refractivity contribution in [3.05, 3.63) is 64.1 Å². The molecule has 11 heteroatoms. The standard InChI is InChI=1S/C23H28ClN3O5.2ClH/c1-4-30-23(28)32-21-18(13-29-12-10-25)27-17-9-11-26-22(31-14(2)3)20(17)19(21)15-7-5-6-8-16(15)24;;/h5-9,11,14,19,27H,4,10,12-13,25H2,1-3H3;2*1H. The Morgan fingerprint density at radius 3 is 2.62 bits per heavy atom. The lowest BCUT2D eigenvalue weighted by atomic mass is 9.85. The molecule has 0 bridgehead atoms. The summed E-state index contributed by atoms with van der Waals surface area (Å²) in [5, 5.41) is 3.82. The second kappa shape index (κ2) is 14.2. The van der Waals surface area contributed by atoms with Crippen molar-refractivity contribution in [2.45, 2.75) is 32.8 Å². The van der Waals surface area contributed by atoms with Crippen molar-refractivity contribution in [3.63, 3.8) is 0 Å². The molecule has 3 N–H and O–H groups in total. The Morgan fingerprint density at radius 1 is 1.24 bits per heavy atom. The zero-order chi connectivity index (χ0) is 23.1. The highest BCUT2D eigenvalue weighted by molar-refractivity contribution is 6.31. The van der Waals surface area contributed by atoms with Gasteiger partial charge in [-0.25, -0.2) is 9.78 Å². The molecular formula is C23H30Cl3N3O5. The maximum atomic E-state index is 12.4. The number of anilines is 1. The molecule has 2 aromatic rings. The zero-order valence-electron chi connectivity index (χ0n) is 19.2. The molecule has 0 fully saturated rings. The number of carbonyl (C=O) groups is 1. The van der Waals surface area contributed by atoms with Crippen molar-refractivity contribution in [2.24, 2.45) is 5.73 Å². The first kappa shape index (κ1) is 29.8. The number of nitrogens with two attached hydrogens (primary N) is 1. The number of aromatic nitrogens is 1. The van der Waals surface area contributed by atoms with Crippen molar-refractivity contribution >= 4 is 48.3 Å². The Bertz CT molecular complexity index is 988. The van der Waals surface area contributed by atoms with E-state index < -0.39 is 12.1 Å². The average Bonchev–Trinajstić information content (AvgIpc) is 2.75. The van der Waals surface area contributed by atoms with E-state index >= 15 is 0 Å². The van der Waals surface area contributed by atoms with Crippen LogP contribution in [0.1, 0.15) is 37.8 Å². The van der Waals surface area contributed by atoms with Crippen LogP contribution in [0, 0.1) is 0 Å². The Labute approximate surface area is 217 Å². The first-order valence-corrected chi connectivity index (χ1v) is 10.9. The van der Waals surface area contributed by atoms with E-state index in [0.29, 0.717) is 41.1 Å². The van der Waals surface area contributed by atoms with E-state index in [1.807, 2.05) is 38.1 Å². The number of halogens is 3. The number of benzene rings is 1. The fourth-order valence-corrected chi connectivity index (χ4v) is 3.66. The second-order valence-electron chi connectivity index (χ2n) is 7.29. The van der Waals surface area contributed by atoms with Gasteiger partial charge in [-0.3, -0.25) is 0 Å². The van der Waals surface area contributed by atoms with Crippen LogP contribution in [0.15, 0.2) is 48.0 Å². The lowest BCUT2D eigenvalue weighted by molar-refractivity contribution is 0.0757. The van der Waals surface area contributed by atoms with Crippen LogP contribution in [0.3, 0.4) is 0 Å². The van der Waals surface area contributed by atoms with Crippen molar-refractivity contribution in [1.82, 2.24) is 4.98 Å². The first-order valence-electron chi connectivity index (χ1n) is 10.5. The van der Waals surface area contributed by atoms with Gasteiger partial charge in [0, 0.05) is 23.5 Å². The molecule has 3 rings (SSSR count). The molecule has 2 heterocycles. The number of hydrogen-bond acceptors (Lipinski definition) is 8. The summed E-state index contributed by atoms with van der Waals surface area (Å²) < 4.78 is 22.4. The van der Waals surface area contributed by atoms with Gasteiger partial charge in [-0.15, -0.1) is 24.8 Å². The van der Waals surface area contributed by atoms with E-state index in [1.54, 1.807) is 19.2 Å². The Hall–Kier alpha value is -2.23. The highest BCUT2D eigenvalue weighted by Gasteiger charge is 2.37. The zero-order valence-corrected chi connectivity index (χ0v) is 21.6. The van der Waals surface area contributed by atoms with Crippen LogP contribution < -0.4 is 15.8 Å². The van der Waals surface area contributed by atoms with Crippen LogP contribution in [0.2, 0.25) is 5.02 Å². The summed E-state index contributed by atoms with van der Waals surface area (Å²) in [6, 6.07) is 9.19. The number of allylic oxidation sites excluding steroid dienone is 1. The molecular weight excluding hydrogens is 505 g/mol. The van der Waals surface area contributed by atoms with Gasteiger partial charge in [0.1, 0.15) is 5.76 Å². The van der Waals surface area contributed by atoms with E-state index in [2.05, 4.69) is 10.3 Å². The molecule has 1 unspecified atom stereocenters. The highest BCUT2D eigenvalue weighted by Crippen LogP contribution is 2.47. The first-order chi connectivity index (χ1) is 15.5. The molecule has 0 saturated carbocycles. The van der Waals surface area contributed by atoms with Crippen LogP contribution in [-0.4, -0.2) is 43.6 Å². The summed E-state index contributed by atoms with van der Waals surface area (Å²) in [7, 11) is 0. The fourth-order valence-electron chi connectivity index (χ4n) is 3.42. The van der Waals surface area contributed by atoms with Crippen LogP contribution in [0.25, 0.3) is 0 Å². The van der Waals surface area contributed by atoms with Crippen molar-refractivity contribution in [1.29, 1.82) is 0 Å². The second-order valence-corrected chi connectivity index (χ2v) is 7.70. The number of pyridine rings is 1. The molecule has 1 atom stereocenters. The number of carbonyl (C=O) groups excluding carboxylic acids is 1. The van der Waals surface area contributed by atoms with Crippen LogP contribution >= 0.6 is 36.4 Å². The average molecular weight is 535 g/mol. The maximum absolute atomic E-state index is 12.4. The van der Waals surface area contributed by atoms with E-state index in [0.717, 1.165) is 11.3 Å². The molecule has 0 spiro atoms. The lowest BCUT2D eigenvalue weighted by Crippen LogP contribution is -2.27. The molecule has 8 nitrogen and oxygen atoms in total. The minimum absolute atomic E-state index is 0. The molecule has 1 aromatic heterocycles. The molecule has 1 aliphatic heterocycles. The summed E-state index contributed by atoms with van der Waals surface area (Å²) in [5.41, 5.74) is 8.32. The van der Waals surface area contributed by atoms with Crippen molar-refractivity contribution in [3.8, 4) is 5.88 Å². The third kappa shape index (κ3) is 7.13. The highest BCUT2D eigenvalue weighted by atomic mass is 35.5. The predicted molar refractivity (Wildman–Crippen MR) is 136 cm³/mol. The normalized spacial score (nSPS) is 14.4. The van der Waals surface area contributed by atoms with E-state index in [-0.39, 0.29) is 44.1 Å². The fraction of sp³-hybridized carbons (Fsp3) is 0.391. The van der Waals surface area contributed by atoms with Gasteiger partial charge in [0.15, 0.2) is 0 Å². The summed E-state index contributed by atoms with van der Waals surface area (Å²) in [5.74, 6) is 0.146. The Morgan fingerprint density at radius 2 is 1.97 bits per heavy atom. The Kier molecular flexibility index (Phi) is 12.5. The van der Waals surface area contributed by atoms with Gasteiger partial charge < -0.3 is 30.0 Å². The summed E-state index contributed by atoms with van der Waals surface area (Å²) in [6.07, 6.45) is 0.716. The SMILES string of the molecule is CCOC(=O)OC1=C(COCCN)Nc2ccnc(OC(C)C)c2C1c1ccccc1Cl.Cl.Cl. The number of ether oxygens (including phenoxy) is 4. The van der Waals surface area contributed by atoms with Gasteiger partial charge in [-0.1, -0.05) is 29.8 Å². The maximum Gasteiger partial charge on any atom is 0.513 e. The number of fused-ring (bicyclic) bond motifs is 1. The topological polar surface area (TPSA) is 105 Å². The molecule has 0 amide bonds. The van der Waals surface area contributed by atoms with Gasteiger partial charge in [-0.2, -0.15) is 0 Å². The third-order valence-electron chi connectivity index (χ3n) is 4.62. The molecule has 0 radical (unpaired) electrons. The van der Waals surface area contributed by atoms with E-state index in [1.165, 1.54) is 0 Å². The number of rotatable bonds is 9. The number of nitrogens with zero attached hydrogens (tertiary/aromatic N) is 1. The van der Waals surface area contributed by atoms with Crippen LogP contribution in [-0.2, 0) is 14.2 Å². The van der Waals surface area contributed by atoms with Gasteiger partial charge in [-0.05, 0) is 38.5 Å². The molecule has 188 valence electrons. The minimum Gasteiger partial charge on any atom is -0.475 e. The van der Waals surface area contributed by atoms with Crippen LogP contribution in [0.4, 0.5) is 10.5 Å². The molecule has 0 saturated heterocycles.